The van der Waals surface area contributed by atoms with E-state index in [-0.39, 0.29) is 25.7 Å². The van der Waals surface area contributed by atoms with E-state index in [1.54, 1.807) is 0 Å². The Morgan fingerprint density at radius 2 is 0.474 bits per heavy atom. The topological polar surface area (TPSA) is 237 Å². The lowest BCUT2D eigenvalue weighted by molar-refractivity contribution is -0.161. The molecular formula is C78H152O17P2. The van der Waals surface area contributed by atoms with Gasteiger partial charge < -0.3 is 33.8 Å². The fraction of sp³-hybridized carbons (Fsp3) is 0.949. The largest absolute Gasteiger partial charge is 0.472 e. The van der Waals surface area contributed by atoms with E-state index in [4.69, 9.17) is 37.0 Å². The van der Waals surface area contributed by atoms with Gasteiger partial charge in [-0.25, -0.2) is 9.13 Å². The Labute approximate surface area is 594 Å². The summed E-state index contributed by atoms with van der Waals surface area (Å²) in [6.45, 7) is 7.27. The van der Waals surface area contributed by atoms with Crippen molar-refractivity contribution in [3.63, 3.8) is 0 Å². The van der Waals surface area contributed by atoms with E-state index in [2.05, 4.69) is 34.6 Å². The molecule has 17 nitrogen and oxygen atoms in total. The van der Waals surface area contributed by atoms with Gasteiger partial charge >= 0.3 is 39.5 Å². The van der Waals surface area contributed by atoms with Crippen molar-refractivity contribution in [2.24, 2.45) is 5.92 Å². The molecule has 0 radical (unpaired) electrons. The molecule has 0 aliphatic carbocycles. The molecule has 0 amide bonds. The first-order valence-corrected chi connectivity index (χ1v) is 43.6. The van der Waals surface area contributed by atoms with Gasteiger partial charge in [-0.1, -0.05) is 362 Å². The van der Waals surface area contributed by atoms with E-state index < -0.39 is 97.5 Å². The smallest absolute Gasteiger partial charge is 0.462 e. The zero-order valence-corrected chi connectivity index (χ0v) is 65.0. The van der Waals surface area contributed by atoms with Crippen molar-refractivity contribution in [3.8, 4) is 0 Å². The molecule has 0 rings (SSSR count). The highest BCUT2D eigenvalue weighted by Crippen LogP contribution is 2.45. The molecule has 0 saturated carbocycles. The Balaban J connectivity index is 5.13. The lowest BCUT2D eigenvalue weighted by Crippen LogP contribution is -2.30. The van der Waals surface area contributed by atoms with Crippen molar-refractivity contribution < 1.29 is 80.2 Å². The Bertz CT molecular complexity index is 1860. The van der Waals surface area contributed by atoms with Crippen LogP contribution in [0.3, 0.4) is 0 Å². The molecule has 0 heterocycles. The molecule has 97 heavy (non-hydrogen) atoms. The van der Waals surface area contributed by atoms with Crippen LogP contribution in [-0.4, -0.2) is 96.7 Å². The standard InChI is InChI=1S/C78H152O17P2/c1-6-9-12-15-18-20-22-23-24-25-26-27-28-29-30-33-37-40-44-49-54-59-64-78(83)95-74(68-89-76(81)62-57-52-47-43-39-36-34-31-32-35-38-41-46-50-55-60-71(4)5)70-93-97(86,87)91-66-72(79)65-90-96(84,85)92-69-73(67-88-75(80)61-56-51-45-17-14-11-8-3)94-77(82)63-58-53-48-42-21-19-16-13-10-7-2/h71-74,79H,6-70H2,1-5H3,(H,84,85)(H,86,87)/t72-,73+,74+/m0/s1. The molecule has 0 spiro atoms. The predicted molar refractivity (Wildman–Crippen MR) is 395 cm³/mol. The van der Waals surface area contributed by atoms with Crippen LogP contribution < -0.4 is 0 Å². The van der Waals surface area contributed by atoms with Crippen LogP contribution in [0.4, 0.5) is 0 Å². The third kappa shape index (κ3) is 72.2. The number of ether oxygens (including phenoxy) is 4. The highest BCUT2D eigenvalue weighted by molar-refractivity contribution is 7.47. The van der Waals surface area contributed by atoms with Crippen molar-refractivity contribution in [2.45, 2.75) is 432 Å². The maximum absolute atomic E-state index is 13.1. The molecule has 0 aromatic heterocycles. The fourth-order valence-electron chi connectivity index (χ4n) is 12.1. The summed E-state index contributed by atoms with van der Waals surface area (Å²) in [5.74, 6) is -1.31. The van der Waals surface area contributed by atoms with Gasteiger partial charge in [-0.2, -0.15) is 0 Å². The van der Waals surface area contributed by atoms with E-state index in [9.17, 15) is 43.2 Å². The van der Waals surface area contributed by atoms with E-state index >= 15 is 0 Å². The van der Waals surface area contributed by atoms with Crippen molar-refractivity contribution in [1.82, 2.24) is 0 Å². The van der Waals surface area contributed by atoms with Gasteiger partial charge in [0.15, 0.2) is 12.2 Å². The van der Waals surface area contributed by atoms with Gasteiger partial charge in [0.1, 0.15) is 19.3 Å². The average Bonchev–Trinajstić information content (AvgIpc) is 1.76. The summed E-state index contributed by atoms with van der Waals surface area (Å²) in [6.07, 6.45) is 61.4. The predicted octanol–water partition coefficient (Wildman–Crippen LogP) is 23.3. The Kier molecular flexibility index (Phi) is 69.6. The molecule has 3 N–H and O–H groups in total. The zero-order chi connectivity index (χ0) is 71.2. The number of aliphatic hydroxyl groups excluding tert-OH is 1. The van der Waals surface area contributed by atoms with Gasteiger partial charge in [0, 0.05) is 25.7 Å². The molecule has 0 aromatic rings. The van der Waals surface area contributed by atoms with Gasteiger partial charge in [0.2, 0.25) is 0 Å². The quantitative estimate of drug-likeness (QED) is 0.0222. The maximum Gasteiger partial charge on any atom is 0.472 e. The first-order chi connectivity index (χ1) is 47.0. The summed E-state index contributed by atoms with van der Waals surface area (Å²) in [5, 5.41) is 10.6. The number of unbranched alkanes of at least 4 members (excludes halogenated alkanes) is 50. The van der Waals surface area contributed by atoms with Crippen molar-refractivity contribution in [1.29, 1.82) is 0 Å². The van der Waals surface area contributed by atoms with Crippen LogP contribution in [0.2, 0.25) is 0 Å². The van der Waals surface area contributed by atoms with Crippen LogP contribution in [0.25, 0.3) is 0 Å². The average molecular weight is 1420 g/mol. The monoisotopic (exact) mass is 1420 g/mol. The lowest BCUT2D eigenvalue weighted by Gasteiger charge is -2.21. The van der Waals surface area contributed by atoms with Gasteiger partial charge in [-0.05, 0) is 31.6 Å². The minimum absolute atomic E-state index is 0.106. The molecule has 0 aromatic carbocycles. The van der Waals surface area contributed by atoms with E-state index in [0.29, 0.717) is 25.7 Å². The van der Waals surface area contributed by atoms with Crippen molar-refractivity contribution in [2.75, 3.05) is 39.6 Å². The van der Waals surface area contributed by atoms with E-state index in [1.807, 2.05) is 0 Å². The van der Waals surface area contributed by atoms with Gasteiger partial charge in [0.05, 0.1) is 26.4 Å². The van der Waals surface area contributed by atoms with Crippen LogP contribution >= 0.6 is 15.6 Å². The lowest BCUT2D eigenvalue weighted by atomic mass is 10.0. The summed E-state index contributed by atoms with van der Waals surface area (Å²) in [6, 6.07) is 0. The fourth-order valence-corrected chi connectivity index (χ4v) is 13.6. The Morgan fingerprint density at radius 3 is 0.701 bits per heavy atom. The summed E-state index contributed by atoms with van der Waals surface area (Å²) < 4.78 is 68.4. The van der Waals surface area contributed by atoms with Crippen LogP contribution in [0.1, 0.15) is 413 Å². The van der Waals surface area contributed by atoms with Gasteiger partial charge in [-0.3, -0.25) is 37.3 Å². The summed E-state index contributed by atoms with van der Waals surface area (Å²) in [5.41, 5.74) is 0. The molecule has 19 heteroatoms. The molecule has 576 valence electrons. The first-order valence-electron chi connectivity index (χ1n) is 40.6. The van der Waals surface area contributed by atoms with Gasteiger partial charge in [-0.15, -0.1) is 0 Å². The highest BCUT2D eigenvalue weighted by Gasteiger charge is 2.30. The minimum Gasteiger partial charge on any atom is -0.462 e. The van der Waals surface area contributed by atoms with Crippen molar-refractivity contribution >= 4 is 39.5 Å². The molecule has 0 bridgehead atoms. The van der Waals surface area contributed by atoms with Crippen molar-refractivity contribution in [3.05, 3.63) is 0 Å². The summed E-state index contributed by atoms with van der Waals surface area (Å²) >= 11 is 0. The zero-order valence-electron chi connectivity index (χ0n) is 63.2. The molecular weight excluding hydrogens is 1270 g/mol. The summed E-state index contributed by atoms with van der Waals surface area (Å²) in [4.78, 5) is 72.7. The SMILES string of the molecule is CCCCCCCCCCCCCCCCCCCCCCCCC(=O)O[C@H](COC(=O)CCCCCCCCCCCCCCCCCC(C)C)COP(=O)(O)OC[C@@H](O)COP(=O)(O)OC[C@@H](COC(=O)CCCCCCCCC)OC(=O)CCCCCCCCCCCC. The number of phosphoric acid groups is 2. The van der Waals surface area contributed by atoms with Gasteiger partial charge in [0.25, 0.3) is 0 Å². The second-order valence-electron chi connectivity index (χ2n) is 28.6. The number of hydrogen-bond donors (Lipinski definition) is 3. The maximum atomic E-state index is 13.1. The number of esters is 4. The summed E-state index contributed by atoms with van der Waals surface area (Å²) in [7, 11) is -9.90. The first kappa shape index (κ1) is 95.1. The van der Waals surface area contributed by atoms with Crippen LogP contribution in [0.15, 0.2) is 0 Å². The van der Waals surface area contributed by atoms with Crippen LogP contribution in [0.5, 0.6) is 0 Å². The second-order valence-corrected chi connectivity index (χ2v) is 31.5. The number of hydrogen-bond acceptors (Lipinski definition) is 15. The highest BCUT2D eigenvalue weighted by atomic mass is 31.2. The second kappa shape index (κ2) is 71.1. The normalized spacial score (nSPS) is 13.9. The minimum atomic E-state index is -4.96. The number of carbonyl (C=O) groups excluding carboxylic acids is 4. The third-order valence-electron chi connectivity index (χ3n) is 18.3. The molecule has 0 aliphatic rings. The number of aliphatic hydroxyl groups is 1. The molecule has 0 fully saturated rings. The molecule has 0 saturated heterocycles. The van der Waals surface area contributed by atoms with E-state index in [0.717, 1.165) is 109 Å². The Hall–Kier alpha value is -1.94. The molecule has 5 atom stereocenters. The number of phosphoric ester groups is 2. The van der Waals surface area contributed by atoms with Crippen LogP contribution in [0, 0.1) is 5.92 Å². The third-order valence-corrected chi connectivity index (χ3v) is 20.2. The molecule has 0 aliphatic heterocycles. The van der Waals surface area contributed by atoms with E-state index in [1.165, 1.54) is 225 Å². The number of rotatable bonds is 78. The molecule has 2 unspecified atom stereocenters. The Morgan fingerprint density at radius 1 is 0.278 bits per heavy atom. The van der Waals surface area contributed by atoms with Crippen LogP contribution in [-0.2, 0) is 65.4 Å². The number of carbonyl (C=O) groups is 4.